The van der Waals surface area contributed by atoms with Gasteiger partial charge in [0.2, 0.25) is 0 Å². The van der Waals surface area contributed by atoms with Gasteiger partial charge in [-0.1, -0.05) is 29.8 Å². The van der Waals surface area contributed by atoms with Gasteiger partial charge in [-0.15, -0.1) is 0 Å². The molecule has 2 amide bonds. The van der Waals surface area contributed by atoms with Crippen LogP contribution in [0.15, 0.2) is 48.5 Å². The van der Waals surface area contributed by atoms with Gasteiger partial charge in [-0.25, -0.2) is 0 Å². The highest BCUT2D eigenvalue weighted by atomic mass is 35.5. The second kappa shape index (κ2) is 8.46. The van der Waals surface area contributed by atoms with E-state index in [1.54, 1.807) is 31.2 Å². The second-order valence-electron chi connectivity index (χ2n) is 7.86. The number of carbonyl (C=O) groups excluding carboxylic acids is 2. The van der Waals surface area contributed by atoms with Gasteiger partial charge < -0.3 is 15.0 Å². The van der Waals surface area contributed by atoms with Crippen LogP contribution in [0.3, 0.4) is 0 Å². The Hall–Kier alpha value is -2.53. The molecular formula is C23H25ClN2O3. The maximum absolute atomic E-state index is 13.0. The predicted octanol–water partition coefficient (Wildman–Crippen LogP) is 4.19. The summed E-state index contributed by atoms with van der Waals surface area (Å²) in [6.45, 7) is 2.28. The zero-order valence-corrected chi connectivity index (χ0v) is 17.2. The SMILES string of the molecule is CC(Oc1cccc(Cl)c1)C(=O)N(Cc1ccc(C(=O)NC2CC2)cc1)C1CC1. The summed E-state index contributed by atoms with van der Waals surface area (Å²) in [6, 6.07) is 15.2. The van der Waals surface area contributed by atoms with Gasteiger partial charge in [-0.2, -0.15) is 0 Å². The van der Waals surface area contributed by atoms with E-state index in [2.05, 4.69) is 5.32 Å². The molecule has 2 aliphatic rings. The van der Waals surface area contributed by atoms with Crippen LogP contribution in [-0.2, 0) is 11.3 Å². The fraction of sp³-hybridized carbons (Fsp3) is 0.391. The highest BCUT2D eigenvalue weighted by molar-refractivity contribution is 6.30. The first kappa shape index (κ1) is 19.8. The fourth-order valence-electron chi connectivity index (χ4n) is 3.26. The molecule has 6 heteroatoms. The van der Waals surface area contributed by atoms with E-state index >= 15 is 0 Å². The number of hydrogen-bond donors (Lipinski definition) is 1. The predicted molar refractivity (Wildman–Crippen MR) is 112 cm³/mol. The Morgan fingerprint density at radius 3 is 2.48 bits per heavy atom. The Balaban J connectivity index is 1.39. The summed E-state index contributed by atoms with van der Waals surface area (Å²) in [7, 11) is 0. The van der Waals surface area contributed by atoms with Gasteiger partial charge >= 0.3 is 0 Å². The number of nitrogens with one attached hydrogen (secondary N) is 1. The highest BCUT2D eigenvalue weighted by Crippen LogP contribution is 2.30. The molecule has 0 heterocycles. The number of halogens is 1. The molecule has 1 atom stereocenters. The van der Waals surface area contributed by atoms with Crippen molar-refractivity contribution in [2.75, 3.05) is 0 Å². The van der Waals surface area contributed by atoms with Gasteiger partial charge in [0.15, 0.2) is 6.10 Å². The van der Waals surface area contributed by atoms with Crippen LogP contribution in [-0.4, -0.2) is 34.9 Å². The smallest absolute Gasteiger partial charge is 0.263 e. The van der Waals surface area contributed by atoms with Gasteiger partial charge in [-0.3, -0.25) is 9.59 Å². The number of ether oxygens (including phenoxy) is 1. The van der Waals surface area contributed by atoms with E-state index in [0.717, 1.165) is 31.2 Å². The van der Waals surface area contributed by atoms with Gasteiger partial charge in [0.05, 0.1) is 0 Å². The summed E-state index contributed by atoms with van der Waals surface area (Å²) in [5.74, 6) is 0.515. The number of hydrogen-bond acceptors (Lipinski definition) is 3. The lowest BCUT2D eigenvalue weighted by Gasteiger charge is -2.26. The van der Waals surface area contributed by atoms with Gasteiger partial charge in [-0.05, 0) is 68.5 Å². The Morgan fingerprint density at radius 1 is 1.14 bits per heavy atom. The second-order valence-corrected chi connectivity index (χ2v) is 8.30. The van der Waals surface area contributed by atoms with Crippen LogP contribution in [0.2, 0.25) is 5.02 Å². The van der Waals surface area contributed by atoms with Gasteiger partial charge in [0.1, 0.15) is 5.75 Å². The summed E-state index contributed by atoms with van der Waals surface area (Å²) >= 11 is 6.00. The Kier molecular flexibility index (Phi) is 5.76. The minimum Gasteiger partial charge on any atom is -0.481 e. The van der Waals surface area contributed by atoms with Crippen molar-refractivity contribution in [1.82, 2.24) is 10.2 Å². The molecule has 152 valence electrons. The van der Waals surface area contributed by atoms with Crippen molar-refractivity contribution in [2.45, 2.75) is 57.3 Å². The number of nitrogens with zero attached hydrogens (tertiary/aromatic N) is 1. The van der Waals surface area contributed by atoms with Gasteiger partial charge in [0.25, 0.3) is 11.8 Å². The standard InChI is InChI=1S/C23H25ClN2O3/c1-15(29-21-4-2-3-18(24)13-21)23(28)26(20-11-12-20)14-16-5-7-17(8-6-16)22(27)25-19-9-10-19/h2-8,13,15,19-20H,9-12,14H2,1H3,(H,25,27). The average Bonchev–Trinajstić information content (AvgIpc) is 3.60. The maximum atomic E-state index is 13.0. The van der Waals surface area contributed by atoms with Crippen molar-refractivity contribution in [2.24, 2.45) is 0 Å². The van der Waals surface area contributed by atoms with E-state index in [1.807, 2.05) is 29.2 Å². The molecule has 2 saturated carbocycles. The zero-order chi connectivity index (χ0) is 20.4. The van der Waals surface area contributed by atoms with E-state index in [1.165, 1.54) is 0 Å². The maximum Gasteiger partial charge on any atom is 0.263 e. The van der Waals surface area contributed by atoms with Crippen molar-refractivity contribution < 1.29 is 14.3 Å². The average molecular weight is 413 g/mol. The molecule has 5 nitrogen and oxygen atoms in total. The van der Waals surface area contributed by atoms with E-state index in [0.29, 0.717) is 28.9 Å². The first-order valence-corrected chi connectivity index (χ1v) is 10.5. The molecule has 0 aromatic heterocycles. The molecule has 4 rings (SSSR count). The lowest BCUT2D eigenvalue weighted by atomic mass is 10.1. The Morgan fingerprint density at radius 2 is 1.86 bits per heavy atom. The summed E-state index contributed by atoms with van der Waals surface area (Å²) in [5, 5.41) is 3.57. The third-order valence-electron chi connectivity index (χ3n) is 5.21. The molecule has 1 unspecified atom stereocenters. The van der Waals surface area contributed by atoms with Crippen LogP contribution in [0.5, 0.6) is 5.75 Å². The minimum atomic E-state index is -0.599. The molecular weight excluding hydrogens is 388 g/mol. The van der Waals surface area contributed by atoms with Crippen molar-refractivity contribution in [3.8, 4) is 5.75 Å². The molecule has 1 N–H and O–H groups in total. The quantitative estimate of drug-likeness (QED) is 0.707. The number of rotatable bonds is 8. The molecule has 0 radical (unpaired) electrons. The van der Waals surface area contributed by atoms with Crippen molar-refractivity contribution in [3.05, 3.63) is 64.7 Å². The topological polar surface area (TPSA) is 58.6 Å². The molecule has 2 aliphatic carbocycles. The molecule has 0 spiro atoms. The fourth-order valence-corrected chi connectivity index (χ4v) is 3.44. The molecule has 29 heavy (non-hydrogen) atoms. The summed E-state index contributed by atoms with van der Waals surface area (Å²) in [6.07, 6.45) is 3.56. The summed E-state index contributed by atoms with van der Waals surface area (Å²) in [4.78, 5) is 27.0. The van der Waals surface area contributed by atoms with Crippen LogP contribution in [0, 0.1) is 0 Å². The lowest BCUT2D eigenvalue weighted by molar-refractivity contribution is -0.139. The highest BCUT2D eigenvalue weighted by Gasteiger charge is 2.35. The van der Waals surface area contributed by atoms with Gasteiger partial charge in [0, 0.05) is 29.2 Å². The summed E-state index contributed by atoms with van der Waals surface area (Å²) in [5.41, 5.74) is 1.66. The zero-order valence-electron chi connectivity index (χ0n) is 16.4. The van der Waals surface area contributed by atoms with Crippen LogP contribution in [0.4, 0.5) is 0 Å². The van der Waals surface area contributed by atoms with E-state index < -0.39 is 6.10 Å². The molecule has 2 aromatic carbocycles. The molecule has 0 bridgehead atoms. The largest absolute Gasteiger partial charge is 0.481 e. The third kappa shape index (κ3) is 5.30. The third-order valence-corrected chi connectivity index (χ3v) is 5.44. The number of benzene rings is 2. The van der Waals surface area contributed by atoms with E-state index in [-0.39, 0.29) is 17.9 Å². The lowest BCUT2D eigenvalue weighted by Crippen LogP contribution is -2.41. The first-order valence-electron chi connectivity index (χ1n) is 10.1. The van der Waals surface area contributed by atoms with Crippen LogP contribution < -0.4 is 10.1 Å². The van der Waals surface area contributed by atoms with Crippen molar-refractivity contribution in [1.29, 1.82) is 0 Å². The van der Waals surface area contributed by atoms with Crippen molar-refractivity contribution >= 4 is 23.4 Å². The monoisotopic (exact) mass is 412 g/mol. The molecule has 2 aromatic rings. The van der Waals surface area contributed by atoms with Crippen molar-refractivity contribution in [3.63, 3.8) is 0 Å². The van der Waals surface area contributed by atoms with Crippen LogP contribution >= 0.6 is 11.6 Å². The molecule has 0 aliphatic heterocycles. The molecule has 0 saturated heterocycles. The normalized spacial score (nSPS) is 16.8. The van der Waals surface area contributed by atoms with Crippen LogP contribution in [0.25, 0.3) is 0 Å². The first-order chi connectivity index (χ1) is 14.0. The molecule has 2 fully saturated rings. The Labute approximate surface area is 176 Å². The number of carbonyl (C=O) groups is 2. The number of amides is 2. The Bertz CT molecular complexity index is 891. The van der Waals surface area contributed by atoms with E-state index in [9.17, 15) is 9.59 Å². The minimum absolute atomic E-state index is 0.0299. The van der Waals surface area contributed by atoms with Crippen LogP contribution in [0.1, 0.15) is 48.5 Å². The van der Waals surface area contributed by atoms with E-state index in [4.69, 9.17) is 16.3 Å². The summed E-state index contributed by atoms with van der Waals surface area (Å²) < 4.78 is 5.82.